The first-order valence-electron chi connectivity index (χ1n) is 10.5. The zero-order valence-corrected chi connectivity index (χ0v) is 18.7. The molecule has 2 saturated heterocycles. The highest BCUT2D eigenvalue weighted by Gasteiger charge is 2.43. The summed E-state index contributed by atoms with van der Waals surface area (Å²) in [5.41, 5.74) is 0.442. The van der Waals surface area contributed by atoms with Crippen LogP contribution in [0.25, 0.3) is 17.0 Å². The van der Waals surface area contributed by atoms with E-state index in [1.54, 1.807) is 6.07 Å². The Kier molecular flexibility index (Phi) is 5.49. The van der Waals surface area contributed by atoms with Gasteiger partial charge in [0.25, 0.3) is 6.43 Å². The molecule has 5 heterocycles. The lowest BCUT2D eigenvalue weighted by molar-refractivity contribution is -0.0836. The van der Waals surface area contributed by atoms with Crippen LogP contribution < -0.4 is 4.90 Å². The molecular formula is C20H23F2N7O3S. The van der Waals surface area contributed by atoms with E-state index in [1.165, 1.54) is 39.7 Å². The molecule has 0 aromatic carbocycles. The fourth-order valence-electron chi connectivity index (χ4n) is 4.47. The number of anilines is 1. The molecule has 2 fully saturated rings. The Morgan fingerprint density at radius 2 is 2.00 bits per heavy atom. The molecule has 2 aliphatic rings. The van der Waals surface area contributed by atoms with Crippen molar-refractivity contribution in [3.63, 3.8) is 0 Å². The minimum atomic E-state index is -3.31. The Hall–Kier alpha value is -2.77. The first kappa shape index (κ1) is 22.0. The summed E-state index contributed by atoms with van der Waals surface area (Å²) < 4.78 is 59.4. The monoisotopic (exact) mass is 479 g/mol. The third-order valence-electron chi connectivity index (χ3n) is 6.07. The first-order valence-corrected chi connectivity index (χ1v) is 12.4. The minimum Gasteiger partial charge on any atom is -0.370 e. The second-order valence-electron chi connectivity index (χ2n) is 8.39. The predicted molar refractivity (Wildman–Crippen MR) is 116 cm³/mol. The molecule has 1 unspecified atom stereocenters. The smallest absolute Gasteiger partial charge is 0.282 e. The van der Waals surface area contributed by atoms with Crippen LogP contribution in [-0.4, -0.2) is 81.9 Å². The molecule has 1 atom stereocenters. The van der Waals surface area contributed by atoms with Crippen molar-refractivity contribution < 1.29 is 21.9 Å². The van der Waals surface area contributed by atoms with Gasteiger partial charge in [0.15, 0.2) is 5.65 Å². The average molecular weight is 480 g/mol. The molecule has 176 valence electrons. The number of rotatable bonds is 4. The SMILES string of the molecule is CS(=O)(=O)N1CCCC2(CN(c3cc(-c4cnc5ccc(C(F)F)nn45)ncn3)CCO2)C1. The number of piperidine rings is 1. The molecule has 1 spiro atoms. The van der Waals surface area contributed by atoms with Crippen LogP contribution >= 0.6 is 0 Å². The highest BCUT2D eigenvalue weighted by Crippen LogP contribution is 2.32. The van der Waals surface area contributed by atoms with E-state index in [0.717, 1.165) is 12.8 Å². The lowest BCUT2D eigenvalue weighted by atomic mass is 9.92. The van der Waals surface area contributed by atoms with Crippen LogP contribution in [0.2, 0.25) is 0 Å². The second kappa shape index (κ2) is 8.22. The number of morpholine rings is 1. The Bertz CT molecular complexity index is 1280. The third-order valence-corrected chi connectivity index (χ3v) is 7.32. The van der Waals surface area contributed by atoms with Crippen molar-refractivity contribution in [3.05, 3.63) is 36.4 Å². The van der Waals surface area contributed by atoms with Crippen LogP contribution in [0.15, 0.2) is 30.7 Å². The number of hydrogen-bond acceptors (Lipinski definition) is 8. The average Bonchev–Trinajstić information content (AvgIpc) is 3.22. The fraction of sp³-hybridized carbons (Fsp3) is 0.500. The maximum Gasteiger partial charge on any atom is 0.282 e. The van der Waals surface area contributed by atoms with Crippen LogP contribution in [-0.2, 0) is 14.8 Å². The van der Waals surface area contributed by atoms with E-state index in [9.17, 15) is 17.2 Å². The minimum absolute atomic E-state index is 0.299. The number of alkyl halides is 2. The van der Waals surface area contributed by atoms with Gasteiger partial charge in [-0.3, -0.25) is 0 Å². The van der Waals surface area contributed by atoms with Crippen molar-refractivity contribution in [2.45, 2.75) is 24.9 Å². The van der Waals surface area contributed by atoms with Crippen LogP contribution in [0.3, 0.4) is 0 Å². The maximum atomic E-state index is 13.1. The number of nitrogens with zero attached hydrogens (tertiary/aromatic N) is 7. The molecule has 0 aliphatic carbocycles. The topological polar surface area (TPSA) is 106 Å². The summed E-state index contributed by atoms with van der Waals surface area (Å²) in [6, 6.07) is 4.50. The zero-order chi connectivity index (χ0) is 23.2. The van der Waals surface area contributed by atoms with E-state index in [4.69, 9.17) is 4.74 Å². The third kappa shape index (κ3) is 4.27. The number of aromatic nitrogens is 5. The molecule has 2 aliphatic heterocycles. The van der Waals surface area contributed by atoms with E-state index >= 15 is 0 Å². The molecule has 10 nitrogen and oxygen atoms in total. The highest BCUT2D eigenvalue weighted by molar-refractivity contribution is 7.88. The molecule has 0 saturated carbocycles. The largest absolute Gasteiger partial charge is 0.370 e. The van der Waals surface area contributed by atoms with Gasteiger partial charge in [0, 0.05) is 32.2 Å². The van der Waals surface area contributed by atoms with Gasteiger partial charge in [0.2, 0.25) is 10.0 Å². The predicted octanol–water partition coefficient (Wildman–Crippen LogP) is 1.75. The number of ether oxygens (including phenoxy) is 1. The summed E-state index contributed by atoms with van der Waals surface area (Å²) in [4.78, 5) is 15.0. The Morgan fingerprint density at radius 1 is 1.15 bits per heavy atom. The van der Waals surface area contributed by atoms with Crippen molar-refractivity contribution in [2.24, 2.45) is 0 Å². The van der Waals surface area contributed by atoms with Gasteiger partial charge in [-0.05, 0) is 25.0 Å². The van der Waals surface area contributed by atoms with Crippen molar-refractivity contribution in [3.8, 4) is 11.4 Å². The summed E-state index contributed by atoms with van der Waals surface area (Å²) in [6.45, 7) is 2.29. The van der Waals surface area contributed by atoms with Gasteiger partial charge in [-0.1, -0.05) is 0 Å². The molecule has 3 aromatic heterocycles. The van der Waals surface area contributed by atoms with Crippen molar-refractivity contribution in [1.29, 1.82) is 0 Å². The van der Waals surface area contributed by atoms with Gasteiger partial charge >= 0.3 is 0 Å². The second-order valence-corrected chi connectivity index (χ2v) is 10.4. The highest BCUT2D eigenvalue weighted by atomic mass is 32.2. The normalized spacial score (nSPS) is 22.5. The van der Waals surface area contributed by atoms with E-state index in [2.05, 4.69) is 20.1 Å². The quantitative estimate of drug-likeness (QED) is 0.557. The summed E-state index contributed by atoms with van der Waals surface area (Å²) in [5.74, 6) is 0.638. The van der Waals surface area contributed by atoms with Gasteiger partial charge in [0.1, 0.15) is 23.5 Å². The number of sulfonamides is 1. The lowest BCUT2D eigenvalue weighted by Crippen LogP contribution is -2.60. The molecule has 5 rings (SSSR count). The number of fused-ring (bicyclic) bond motifs is 1. The molecule has 3 aromatic rings. The van der Waals surface area contributed by atoms with Crippen LogP contribution in [0, 0.1) is 0 Å². The Labute approximate surface area is 189 Å². The molecular weight excluding hydrogens is 456 g/mol. The van der Waals surface area contributed by atoms with Gasteiger partial charge in [-0.25, -0.2) is 36.7 Å². The summed E-state index contributed by atoms with van der Waals surface area (Å²) in [6.07, 6.45) is 2.93. The summed E-state index contributed by atoms with van der Waals surface area (Å²) in [7, 11) is -3.31. The van der Waals surface area contributed by atoms with E-state index in [-0.39, 0.29) is 5.69 Å². The van der Waals surface area contributed by atoms with Crippen LogP contribution in [0.4, 0.5) is 14.6 Å². The number of hydrogen-bond donors (Lipinski definition) is 0. The van der Waals surface area contributed by atoms with Crippen LogP contribution in [0.1, 0.15) is 25.0 Å². The summed E-state index contributed by atoms with van der Waals surface area (Å²) in [5, 5.41) is 4.00. The first-order chi connectivity index (χ1) is 15.7. The van der Waals surface area contributed by atoms with E-state index < -0.39 is 22.0 Å². The Morgan fingerprint density at radius 3 is 2.79 bits per heavy atom. The molecule has 13 heteroatoms. The van der Waals surface area contributed by atoms with Gasteiger partial charge in [-0.15, -0.1) is 0 Å². The standard InChI is InChI=1S/C20H23F2N7O3S/c1-33(30,31)28-6-2-5-20(12-28)11-27(7-8-32-20)18-9-15(24-13-25-18)16-10-23-17-4-3-14(19(21)22)26-29(16)17/h3-4,9-10,13,19H,2,5-8,11-12H2,1H3. The lowest BCUT2D eigenvalue weighted by Gasteiger charge is -2.47. The number of halogens is 2. The number of imidazole rings is 1. The molecule has 0 bridgehead atoms. The Balaban J connectivity index is 1.44. The van der Waals surface area contributed by atoms with E-state index in [1.807, 2.05) is 4.90 Å². The zero-order valence-electron chi connectivity index (χ0n) is 17.9. The fourth-order valence-corrected chi connectivity index (χ4v) is 5.40. The molecule has 0 N–H and O–H groups in total. The van der Waals surface area contributed by atoms with Gasteiger partial charge in [0.05, 0.1) is 30.4 Å². The van der Waals surface area contributed by atoms with Gasteiger partial charge in [-0.2, -0.15) is 9.40 Å². The summed E-state index contributed by atoms with van der Waals surface area (Å²) >= 11 is 0. The molecule has 0 radical (unpaired) electrons. The van der Waals surface area contributed by atoms with E-state index in [0.29, 0.717) is 55.6 Å². The van der Waals surface area contributed by atoms with Crippen LogP contribution in [0.5, 0.6) is 0 Å². The van der Waals surface area contributed by atoms with Gasteiger partial charge < -0.3 is 9.64 Å². The van der Waals surface area contributed by atoms with Crippen molar-refractivity contribution in [1.82, 2.24) is 28.9 Å². The molecule has 33 heavy (non-hydrogen) atoms. The van der Waals surface area contributed by atoms with Crippen molar-refractivity contribution >= 4 is 21.5 Å². The molecule has 0 amide bonds. The maximum absolute atomic E-state index is 13.1. The van der Waals surface area contributed by atoms with Crippen molar-refractivity contribution in [2.75, 3.05) is 43.9 Å².